The van der Waals surface area contributed by atoms with Crippen LogP contribution in [0.4, 0.5) is 0 Å². The van der Waals surface area contributed by atoms with Crippen molar-refractivity contribution in [2.45, 2.75) is 25.9 Å². The highest BCUT2D eigenvalue weighted by molar-refractivity contribution is 6.33. The maximum absolute atomic E-state index is 13.1. The zero-order valence-corrected chi connectivity index (χ0v) is 18.1. The van der Waals surface area contributed by atoms with Gasteiger partial charge >= 0.3 is 5.97 Å². The van der Waals surface area contributed by atoms with Crippen LogP contribution >= 0.6 is 23.2 Å². The number of ether oxygens (including phenoxy) is 1. The second kappa shape index (κ2) is 9.78. The number of carbonyl (C=O) groups excluding carboxylic acids is 2. The van der Waals surface area contributed by atoms with E-state index < -0.39 is 17.9 Å². The van der Waals surface area contributed by atoms with Gasteiger partial charge in [-0.1, -0.05) is 71.7 Å². The fourth-order valence-electron chi connectivity index (χ4n) is 3.15. The molecule has 1 heterocycles. The Balaban J connectivity index is 1.87. The Hall–Kier alpha value is -2.83. The summed E-state index contributed by atoms with van der Waals surface area (Å²) in [5, 5.41) is 7.93. The summed E-state index contributed by atoms with van der Waals surface area (Å²) < 4.78 is 6.35. The summed E-state index contributed by atoms with van der Waals surface area (Å²) in [6, 6.07) is 16.0. The van der Waals surface area contributed by atoms with E-state index in [2.05, 4.69) is 10.4 Å². The van der Waals surface area contributed by atoms with Crippen LogP contribution in [0.2, 0.25) is 10.2 Å². The van der Waals surface area contributed by atoms with Gasteiger partial charge in [-0.25, -0.2) is 4.68 Å². The van der Waals surface area contributed by atoms with Crippen molar-refractivity contribution in [1.82, 2.24) is 15.1 Å². The zero-order valence-electron chi connectivity index (χ0n) is 16.6. The van der Waals surface area contributed by atoms with Crippen LogP contribution in [-0.2, 0) is 16.1 Å². The number of benzene rings is 2. The van der Waals surface area contributed by atoms with Gasteiger partial charge in [0.05, 0.1) is 37.4 Å². The number of nitrogens with one attached hydrogen (secondary N) is 1. The van der Waals surface area contributed by atoms with Crippen LogP contribution in [0.5, 0.6) is 0 Å². The number of carbonyl (C=O) groups is 2. The first-order valence-corrected chi connectivity index (χ1v) is 10.0. The standard InChI is InChI=1S/C22H21Cl2N3O3/c1-14-20(21(24)27(26-14)13-15-8-4-3-5-9-15)22(29)25-18(12-19(28)30-2)16-10-6-7-11-17(16)23/h3-11,18H,12-13H2,1-2H3,(H,25,29). The topological polar surface area (TPSA) is 73.2 Å². The molecule has 1 atom stereocenters. The molecule has 1 aromatic heterocycles. The number of halogens is 2. The summed E-state index contributed by atoms with van der Waals surface area (Å²) in [5.41, 5.74) is 2.37. The molecular formula is C22H21Cl2N3O3. The zero-order chi connectivity index (χ0) is 21.7. The Kier molecular flexibility index (Phi) is 7.13. The van der Waals surface area contributed by atoms with Gasteiger partial charge in [0.25, 0.3) is 5.91 Å². The molecule has 3 rings (SSSR count). The van der Waals surface area contributed by atoms with Gasteiger partial charge in [0.15, 0.2) is 0 Å². The van der Waals surface area contributed by atoms with Gasteiger partial charge in [-0.15, -0.1) is 0 Å². The molecule has 0 aliphatic heterocycles. The third-order valence-corrected chi connectivity index (χ3v) is 5.38. The number of hydrogen-bond acceptors (Lipinski definition) is 4. The normalized spacial score (nSPS) is 11.7. The molecule has 0 bridgehead atoms. The molecule has 30 heavy (non-hydrogen) atoms. The lowest BCUT2D eigenvalue weighted by atomic mass is 10.0. The molecular weight excluding hydrogens is 425 g/mol. The van der Waals surface area contributed by atoms with E-state index in [4.69, 9.17) is 27.9 Å². The van der Waals surface area contributed by atoms with Crippen LogP contribution in [-0.4, -0.2) is 28.8 Å². The largest absolute Gasteiger partial charge is 0.469 e. The average Bonchev–Trinajstić information content (AvgIpc) is 3.01. The van der Waals surface area contributed by atoms with Crippen LogP contribution in [0.15, 0.2) is 54.6 Å². The molecule has 0 saturated heterocycles. The Morgan fingerprint density at radius 2 is 1.77 bits per heavy atom. The maximum atomic E-state index is 13.1. The summed E-state index contributed by atoms with van der Waals surface area (Å²) in [6.07, 6.45) is -0.0687. The highest BCUT2D eigenvalue weighted by atomic mass is 35.5. The minimum atomic E-state index is -0.674. The van der Waals surface area contributed by atoms with E-state index in [1.807, 2.05) is 30.3 Å². The molecule has 1 amide bonds. The van der Waals surface area contributed by atoms with Crippen molar-refractivity contribution in [3.05, 3.63) is 87.2 Å². The van der Waals surface area contributed by atoms with Crippen LogP contribution in [0.1, 0.15) is 39.6 Å². The molecule has 8 heteroatoms. The van der Waals surface area contributed by atoms with E-state index in [1.54, 1.807) is 35.9 Å². The van der Waals surface area contributed by atoms with Gasteiger partial charge in [-0.2, -0.15) is 5.10 Å². The summed E-state index contributed by atoms with van der Waals surface area (Å²) in [6.45, 7) is 2.15. The molecule has 6 nitrogen and oxygen atoms in total. The highest BCUT2D eigenvalue weighted by Crippen LogP contribution is 2.27. The molecule has 0 saturated carbocycles. The first-order chi connectivity index (χ1) is 14.4. The number of aromatic nitrogens is 2. The molecule has 0 aliphatic rings. The number of hydrogen-bond donors (Lipinski definition) is 1. The molecule has 0 spiro atoms. The van der Waals surface area contributed by atoms with Crippen molar-refractivity contribution < 1.29 is 14.3 Å². The molecule has 0 aliphatic carbocycles. The monoisotopic (exact) mass is 445 g/mol. The van der Waals surface area contributed by atoms with E-state index in [1.165, 1.54) is 7.11 Å². The minimum Gasteiger partial charge on any atom is -0.469 e. The predicted octanol–water partition coefficient (Wildman–Crippen LogP) is 4.58. The predicted molar refractivity (Wildman–Crippen MR) is 116 cm³/mol. The fourth-order valence-corrected chi connectivity index (χ4v) is 3.74. The Labute approximate surface area is 184 Å². The number of methoxy groups -OCH3 is 1. The second-order valence-corrected chi connectivity index (χ2v) is 7.49. The van der Waals surface area contributed by atoms with E-state index in [0.717, 1.165) is 5.56 Å². The summed E-state index contributed by atoms with van der Waals surface area (Å²) in [5.74, 6) is -0.909. The van der Waals surface area contributed by atoms with Gasteiger partial charge in [0, 0.05) is 5.02 Å². The smallest absolute Gasteiger partial charge is 0.307 e. The summed E-state index contributed by atoms with van der Waals surface area (Å²) >= 11 is 12.8. The van der Waals surface area contributed by atoms with Crippen molar-refractivity contribution in [1.29, 1.82) is 0 Å². The number of nitrogens with zero attached hydrogens (tertiary/aromatic N) is 2. The van der Waals surface area contributed by atoms with E-state index in [-0.39, 0.29) is 17.1 Å². The first-order valence-electron chi connectivity index (χ1n) is 9.29. The fraction of sp³-hybridized carbons (Fsp3) is 0.227. The van der Waals surface area contributed by atoms with Crippen molar-refractivity contribution in [3.63, 3.8) is 0 Å². The van der Waals surface area contributed by atoms with E-state index in [0.29, 0.717) is 22.8 Å². The molecule has 1 N–H and O–H groups in total. The first kappa shape index (κ1) is 21.9. The SMILES string of the molecule is COC(=O)CC(NC(=O)c1c(C)nn(Cc2ccccc2)c1Cl)c1ccccc1Cl. The lowest BCUT2D eigenvalue weighted by molar-refractivity contribution is -0.141. The Morgan fingerprint density at radius 3 is 2.43 bits per heavy atom. The third kappa shape index (κ3) is 5.01. The molecule has 2 aromatic carbocycles. The lowest BCUT2D eigenvalue weighted by Crippen LogP contribution is -2.31. The van der Waals surface area contributed by atoms with Crippen LogP contribution in [0.25, 0.3) is 0 Å². The van der Waals surface area contributed by atoms with Gasteiger partial charge < -0.3 is 10.1 Å². The number of rotatable bonds is 7. The molecule has 3 aromatic rings. The quantitative estimate of drug-likeness (QED) is 0.540. The molecule has 0 radical (unpaired) electrons. The average molecular weight is 446 g/mol. The van der Waals surface area contributed by atoms with Crippen molar-refractivity contribution >= 4 is 35.1 Å². The molecule has 1 unspecified atom stereocenters. The van der Waals surface area contributed by atoms with Crippen molar-refractivity contribution in [3.8, 4) is 0 Å². The van der Waals surface area contributed by atoms with Crippen LogP contribution < -0.4 is 5.32 Å². The number of amides is 1. The van der Waals surface area contributed by atoms with Crippen LogP contribution in [0, 0.1) is 6.92 Å². The van der Waals surface area contributed by atoms with Gasteiger partial charge in [-0.05, 0) is 24.1 Å². The lowest BCUT2D eigenvalue weighted by Gasteiger charge is -2.19. The summed E-state index contributed by atoms with van der Waals surface area (Å²) in [4.78, 5) is 25.0. The Morgan fingerprint density at radius 1 is 1.10 bits per heavy atom. The number of esters is 1. The number of aryl methyl sites for hydroxylation is 1. The summed E-state index contributed by atoms with van der Waals surface area (Å²) in [7, 11) is 1.29. The minimum absolute atomic E-state index is 0.0687. The van der Waals surface area contributed by atoms with E-state index >= 15 is 0 Å². The Bertz CT molecular complexity index is 1050. The highest BCUT2D eigenvalue weighted by Gasteiger charge is 2.26. The van der Waals surface area contributed by atoms with Gasteiger partial charge in [0.1, 0.15) is 5.15 Å². The maximum Gasteiger partial charge on any atom is 0.307 e. The second-order valence-electron chi connectivity index (χ2n) is 6.72. The van der Waals surface area contributed by atoms with Gasteiger partial charge in [0.2, 0.25) is 0 Å². The van der Waals surface area contributed by atoms with E-state index in [9.17, 15) is 9.59 Å². The molecule has 156 valence electrons. The third-order valence-electron chi connectivity index (χ3n) is 4.65. The van der Waals surface area contributed by atoms with Crippen LogP contribution in [0.3, 0.4) is 0 Å². The van der Waals surface area contributed by atoms with Crippen molar-refractivity contribution in [2.24, 2.45) is 0 Å². The van der Waals surface area contributed by atoms with Gasteiger partial charge in [-0.3, -0.25) is 9.59 Å². The molecule has 0 fully saturated rings. The van der Waals surface area contributed by atoms with Crippen molar-refractivity contribution in [2.75, 3.05) is 7.11 Å².